The van der Waals surface area contributed by atoms with Gasteiger partial charge in [0.15, 0.2) is 0 Å². The van der Waals surface area contributed by atoms with Crippen molar-refractivity contribution in [3.8, 4) is 5.75 Å². The van der Waals surface area contributed by atoms with Crippen LogP contribution in [0.2, 0.25) is 0 Å². The highest BCUT2D eigenvalue weighted by Crippen LogP contribution is 2.25. The standard InChI is InChI=1S/C13H17BrN2O3/c14-12-9-11(10-15-17)1-2-13(12)19-8-5-16-3-6-18-7-4-16/h1-2,9-10,17H,3-8H2. The van der Waals surface area contributed by atoms with Crippen LogP contribution in [0.3, 0.4) is 0 Å². The monoisotopic (exact) mass is 328 g/mol. The molecule has 0 spiro atoms. The third kappa shape index (κ3) is 4.49. The maximum atomic E-state index is 8.47. The molecule has 0 radical (unpaired) electrons. The molecular formula is C13H17BrN2O3. The number of halogens is 1. The minimum absolute atomic E-state index is 0.645. The van der Waals surface area contributed by atoms with E-state index in [-0.39, 0.29) is 0 Å². The zero-order valence-corrected chi connectivity index (χ0v) is 12.2. The van der Waals surface area contributed by atoms with Gasteiger partial charge in [0.2, 0.25) is 0 Å². The van der Waals surface area contributed by atoms with Crippen molar-refractivity contribution < 1.29 is 14.7 Å². The maximum absolute atomic E-state index is 8.47. The zero-order valence-electron chi connectivity index (χ0n) is 10.6. The summed E-state index contributed by atoms with van der Waals surface area (Å²) in [6.45, 7) is 5.09. The summed E-state index contributed by atoms with van der Waals surface area (Å²) in [5, 5.41) is 11.5. The molecule has 104 valence electrons. The van der Waals surface area contributed by atoms with Crippen molar-refractivity contribution in [2.24, 2.45) is 5.16 Å². The van der Waals surface area contributed by atoms with Gasteiger partial charge in [0.1, 0.15) is 12.4 Å². The van der Waals surface area contributed by atoms with Gasteiger partial charge in [-0.25, -0.2) is 0 Å². The second-order valence-corrected chi connectivity index (χ2v) is 5.09. The van der Waals surface area contributed by atoms with Crippen LogP contribution >= 0.6 is 15.9 Å². The van der Waals surface area contributed by atoms with Crippen LogP contribution in [0, 0.1) is 0 Å². The molecule has 19 heavy (non-hydrogen) atoms. The van der Waals surface area contributed by atoms with E-state index in [1.54, 1.807) is 0 Å². The SMILES string of the molecule is ON=Cc1ccc(OCCN2CCOCC2)c(Br)c1. The number of hydrogen-bond acceptors (Lipinski definition) is 5. The summed E-state index contributed by atoms with van der Waals surface area (Å²) in [4.78, 5) is 2.32. The van der Waals surface area contributed by atoms with Crippen LogP contribution in [-0.2, 0) is 4.74 Å². The number of morpholine rings is 1. The molecular weight excluding hydrogens is 312 g/mol. The Morgan fingerprint density at radius 1 is 1.42 bits per heavy atom. The van der Waals surface area contributed by atoms with E-state index in [1.165, 1.54) is 6.21 Å². The van der Waals surface area contributed by atoms with Gasteiger partial charge >= 0.3 is 0 Å². The zero-order chi connectivity index (χ0) is 13.5. The van der Waals surface area contributed by atoms with Crippen LogP contribution < -0.4 is 4.74 Å². The number of benzene rings is 1. The Bertz CT molecular complexity index is 434. The molecule has 2 rings (SSSR count). The van der Waals surface area contributed by atoms with Gasteiger partial charge in [0, 0.05) is 19.6 Å². The quantitative estimate of drug-likeness (QED) is 0.510. The Morgan fingerprint density at radius 3 is 2.89 bits per heavy atom. The molecule has 1 N–H and O–H groups in total. The molecule has 1 aliphatic heterocycles. The highest BCUT2D eigenvalue weighted by molar-refractivity contribution is 9.10. The molecule has 0 bridgehead atoms. The largest absolute Gasteiger partial charge is 0.491 e. The van der Waals surface area contributed by atoms with Gasteiger partial charge in [0.05, 0.1) is 23.9 Å². The Labute approximate surface area is 120 Å². The summed E-state index contributed by atoms with van der Waals surface area (Å²) in [6.07, 6.45) is 1.38. The lowest BCUT2D eigenvalue weighted by molar-refractivity contribution is 0.0322. The molecule has 0 atom stereocenters. The minimum Gasteiger partial charge on any atom is -0.491 e. The van der Waals surface area contributed by atoms with Crippen molar-refractivity contribution in [3.63, 3.8) is 0 Å². The predicted molar refractivity (Wildman–Crippen MR) is 76.3 cm³/mol. The third-order valence-electron chi connectivity index (χ3n) is 2.93. The predicted octanol–water partition coefficient (Wildman–Crippen LogP) is 1.97. The van der Waals surface area contributed by atoms with Crippen molar-refractivity contribution in [2.45, 2.75) is 0 Å². The van der Waals surface area contributed by atoms with E-state index in [0.29, 0.717) is 6.61 Å². The van der Waals surface area contributed by atoms with Gasteiger partial charge in [-0.2, -0.15) is 0 Å². The second kappa shape index (κ2) is 7.47. The normalized spacial score (nSPS) is 16.9. The summed E-state index contributed by atoms with van der Waals surface area (Å²) in [6, 6.07) is 5.55. The van der Waals surface area contributed by atoms with Crippen LogP contribution in [0.1, 0.15) is 5.56 Å². The highest BCUT2D eigenvalue weighted by atomic mass is 79.9. The fraction of sp³-hybridized carbons (Fsp3) is 0.462. The Balaban J connectivity index is 1.82. The fourth-order valence-corrected chi connectivity index (χ4v) is 2.40. The summed E-state index contributed by atoms with van der Waals surface area (Å²) < 4.78 is 11.9. The van der Waals surface area contributed by atoms with Crippen LogP contribution in [-0.4, -0.2) is 55.8 Å². The molecule has 1 aliphatic rings. The van der Waals surface area contributed by atoms with E-state index in [0.717, 1.165) is 48.6 Å². The fourth-order valence-electron chi connectivity index (χ4n) is 1.89. The molecule has 0 amide bonds. The van der Waals surface area contributed by atoms with E-state index in [2.05, 4.69) is 26.0 Å². The Hall–Kier alpha value is -1.11. The third-order valence-corrected chi connectivity index (χ3v) is 3.55. The first-order valence-corrected chi connectivity index (χ1v) is 6.99. The second-order valence-electron chi connectivity index (χ2n) is 4.24. The van der Waals surface area contributed by atoms with Crippen molar-refractivity contribution in [2.75, 3.05) is 39.5 Å². The molecule has 0 aromatic heterocycles. The van der Waals surface area contributed by atoms with Crippen LogP contribution in [0.15, 0.2) is 27.8 Å². The first-order chi connectivity index (χ1) is 9.29. The van der Waals surface area contributed by atoms with Crippen LogP contribution in [0.25, 0.3) is 0 Å². The summed E-state index contributed by atoms with van der Waals surface area (Å²) >= 11 is 3.44. The van der Waals surface area contributed by atoms with Crippen LogP contribution in [0.4, 0.5) is 0 Å². The molecule has 5 nitrogen and oxygen atoms in total. The molecule has 1 saturated heterocycles. The summed E-state index contributed by atoms with van der Waals surface area (Å²) in [5.41, 5.74) is 0.815. The van der Waals surface area contributed by atoms with Gasteiger partial charge < -0.3 is 14.7 Å². The van der Waals surface area contributed by atoms with Gasteiger partial charge in [-0.15, -0.1) is 0 Å². The Kier molecular flexibility index (Phi) is 5.62. The number of ether oxygens (including phenoxy) is 2. The van der Waals surface area contributed by atoms with Gasteiger partial charge in [0.25, 0.3) is 0 Å². The van der Waals surface area contributed by atoms with Gasteiger partial charge in [-0.3, -0.25) is 4.90 Å². The average molecular weight is 329 g/mol. The highest BCUT2D eigenvalue weighted by Gasteiger charge is 2.10. The minimum atomic E-state index is 0.645. The number of oxime groups is 1. The number of nitrogens with zero attached hydrogens (tertiary/aromatic N) is 2. The van der Waals surface area contributed by atoms with Crippen molar-refractivity contribution in [1.82, 2.24) is 4.90 Å². The number of rotatable bonds is 5. The van der Waals surface area contributed by atoms with Crippen molar-refractivity contribution in [3.05, 3.63) is 28.2 Å². The lowest BCUT2D eigenvalue weighted by Crippen LogP contribution is -2.38. The molecule has 1 fully saturated rings. The first-order valence-electron chi connectivity index (χ1n) is 6.19. The molecule has 1 heterocycles. The van der Waals surface area contributed by atoms with Crippen LogP contribution in [0.5, 0.6) is 5.75 Å². The number of hydrogen-bond donors (Lipinski definition) is 1. The van der Waals surface area contributed by atoms with E-state index < -0.39 is 0 Å². The lowest BCUT2D eigenvalue weighted by Gasteiger charge is -2.26. The Morgan fingerprint density at radius 2 is 2.21 bits per heavy atom. The first kappa shape index (κ1) is 14.3. The molecule has 1 aromatic carbocycles. The topological polar surface area (TPSA) is 54.3 Å². The van der Waals surface area contributed by atoms with E-state index >= 15 is 0 Å². The molecule has 0 unspecified atom stereocenters. The molecule has 6 heteroatoms. The molecule has 0 aliphatic carbocycles. The smallest absolute Gasteiger partial charge is 0.133 e. The van der Waals surface area contributed by atoms with Gasteiger partial charge in [-0.05, 0) is 39.7 Å². The van der Waals surface area contributed by atoms with E-state index in [9.17, 15) is 0 Å². The summed E-state index contributed by atoms with van der Waals surface area (Å²) in [5.74, 6) is 0.795. The van der Waals surface area contributed by atoms with E-state index in [1.807, 2.05) is 18.2 Å². The van der Waals surface area contributed by atoms with Crippen molar-refractivity contribution in [1.29, 1.82) is 0 Å². The van der Waals surface area contributed by atoms with Gasteiger partial charge in [-0.1, -0.05) is 5.16 Å². The summed E-state index contributed by atoms with van der Waals surface area (Å²) in [7, 11) is 0. The van der Waals surface area contributed by atoms with E-state index in [4.69, 9.17) is 14.7 Å². The van der Waals surface area contributed by atoms with Crippen molar-refractivity contribution >= 4 is 22.1 Å². The molecule has 1 aromatic rings. The lowest BCUT2D eigenvalue weighted by atomic mass is 10.2. The average Bonchev–Trinajstić information content (AvgIpc) is 2.43. The maximum Gasteiger partial charge on any atom is 0.133 e. The molecule has 0 saturated carbocycles.